The molecule has 0 saturated heterocycles. The molecule has 4 rings (SSSR count). The maximum Gasteiger partial charge on any atom is 0.133 e. The molecule has 0 unspecified atom stereocenters. The van der Waals surface area contributed by atoms with Crippen LogP contribution in [0.2, 0.25) is 0 Å². The van der Waals surface area contributed by atoms with Crippen LogP contribution in [-0.4, -0.2) is 19.1 Å². The molecule has 0 radical (unpaired) electrons. The third kappa shape index (κ3) is 1.76. The van der Waals surface area contributed by atoms with Crippen LogP contribution < -0.4 is 5.73 Å². The molecule has 2 N–H and O–H groups in total. The summed E-state index contributed by atoms with van der Waals surface area (Å²) in [6, 6.07) is 1.16. The molecule has 106 valence electrons. The number of anilines is 1. The van der Waals surface area contributed by atoms with Crippen molar-refractivity contribution in [3.8, 4) is 11.4 Å². The lowest BCUT2D eigenvalue weighted by Crippen LogP contribution is -2.06. The zero-order valence-corrected chi connectivity index (χ0v) is 12.1. The summed E-state index contributed by atoms with van der Waals surface area (Å²) in [7, 11) is 0. The van der Waals surface area contributed by atoms with Crippen molar-refractivity contribution < 1.29 is 0 Å². The quantitative estimate of drug-likeness (QED) is 0.929. The second-order valence-electron chi connectivity index (χ2n) is 6.38. The third-order valence-electron chi connectivity index (χ3n) is 4.25. The topological polar surface area (TPSA) is 61.7 Å². The number of nitrogens with zero attached hydrogens (tertiary/aromatic N) is 4. The van der Waals surface area contributed by atoms with Crippen LogP contribution in [0.3, 0.4) is 0 Å². The van der Waals surface area contributed by atoms with Gasteiger partial charge in [0.1, 0.15) is 17.3 Å². The summed E-state index contributed by atoms with van der Waals surface area (Å²) in [5, 5.41) is 0. The fourth-order valence-electron chi connectivity index (χ4n) is 2.91. The minimum Gasteiger partial charge on any atom is -0.383 e. The molecule has 5 heteroatoms. The van der Waals surface area contributed by atoms with Gasteiger partial charge in [-0.25, -0.2) is 9.97 Å². The van der Waals surface area contributed by atoms with Gasteiger partial charge in [-0.15, -0.1) is 0 Å². The Balaban J connectivity index is 1.85. The van der Waals surface area contributed by atoms with E-state index in [0.717, 1.165) is 23.0 Å². The second-order valence-corrected chi connectivity index (χ2v) is 6.38. The molecule has 0 aliphatic heterocycles. The summed E-state index contributed by atoms with van der Waals surface area (Å²) in [6.45, 7) is 4.37. The Morgan fingerprint density at radius 2 is 1.90 bits per heavy atom. The highest BCUT2D eigenvalue weighted by molar-refractivity contribution is 5.68. The number of aromatic nitrogens is 4. The van der Waals surface area contributed by atoms with E-state index in [9.17, 15) is 0 Å². The molecular weight excluding hydrogens is 250 g/mol. The van der Waals surface area contributed by atoms with Crippen LogP contribution in [0.25, 0.3) is 11.4 Å². The molecule has 2 heterocycles. The molecule has 20 heavy (non-hydrogen) atoms. The first-order chi connectivity index (χ1) is 9.66. The van der Waals surface area contributed by atoms with Crippen LogP contribution in [0.4, 0.5) is 5.82 Å². The lowest BCUT2D eigenvalue weighted by molar-refractivity contribution is 0.646. The SMILES string of the molecule is CC(C)c1nc(-c2cncn2C2CC2)c(N)n1C1CC1. The molecule has 2 aliphatic rings. The number of imidazole rings is 2. The molecule has 5 nitrogen and oxygen atoms in total. The Hall–Kier alpha value is -1.78. The average Bonchev–Trinajstić information content (AvgIpc) is 3.34. The molecule has 2 fully saturated rings. The Bertz CT molecular complexity index is 643. The van der Waals surface area contributed by atoms with Crippen LogP contribution in [0.5, 0.6) is 0 Å². The van der Waals surface area contributed by atoms with E-state index in [0.29, 0.717) is 18.0 Å². The number of nitrogen functional groups attached to an aromatic ring is 1. The first kappa shape index (κ1) is 12.0. The Kier molecular flexibility index (Phi) is 2.46. The minimum atomic E-state index is 0.393. The second kappa shape index (κ2) is 4.11. The van der Waals surface area contributed by atoms with Gasteiger partial charge < -0.3 is 14.9 Å². The largest absolute Gasteiger partial charge is 0.383 e. The van der Waals surface area contributed by atoms with Crippen molar-refractivity contribution in [1.82, 2.24) is 19.1 Å². The summed E-state index contributed by atoms with van der Waals surface area (Å²) in [6.07, 6.45) is 8.74. The maximum absolute atomic E-state index is 6.42. The zero-order chi connectivity index (χ0) is 13.9. The smallest absolute Gasteiger partial charge is 0.133 e. The molecule has 0 aromatic carbocycles. The van der Waals surface area contributed by atoms with Crippen LogP contribution in [0.15, 0.2) is 12.5 Å². The molecule has 0 amide bonds. The molecule has 2 aliphatic carbocycles. The molecule has 2 aromatic heterocycles. The monoisotopic (exact) mass is 271 g/mol. The van der Waals surface area contributed by atoms with E-state index in [1.54, 1.807) is 0 Å². The Morgan fingerprint density at radius 3 is 2.50 bits per heavy atom. The first-order valence-electron chi connectivity index (χ1n) is 7.56. The van der Waals surface area contributed by atoms with E-state index in [2.05, 4.69) is 28.0 Å². The number of rotatable bonds is 4. The zero-order valence-electron chi connectivity index (χ0n) is 12.1. The van der Waals surface area contributed by atoms with Gasteiger partial charge in [0.25, 0.3) is 0 Å². The molecular formula is C15H21N5. The van der Waals surface area contributed by atoms with E-state index in [1.165, 1.54) is 25.7 Å². The van der Waals surface area contributed by atoms with Gasteiger partial charge in [0.15, 0.2) is 0 Å². The summed E-state index contributed by atoms with van der Waals surface area (Å²) in [4.78, 5) is 9.16. The van der Waals surface area contributed by atoms with Gasteiger partial charge in [-0.3, -0.25) is 0 Å². The Morgan fingerprint density at radius 1 is 1.20 bits per heavy atom. The lowest BCUT2D eigenvalue weighted by atomic mass is 10.2. The highest BCUT2D eigenvalue weighted by Gasteiger charge is 2.33. The molecule has 0 bridgehead atoms. The van der Waals surface area contributed by atoms with Gasteiger partial charge in [-0.1, -0.05) is 13.8 Å². The maximum atomic E-state index is 6.42. The van der Waals surface area contributed by atoms with Gasteiger partial charge in [0.2, 0.25) is 0 Å². The predicted octanol–water partition coefficient (Wildman–Crippen LogP) is 3.12. The molecule has 2 aromatic rings. The summed E-state index contributed by atoms with van der Waals surface area (Å²) < 4.78 is 4.49. The summed E-state index contributed by atoms with van der Waals surface area (Å²) >= 11 is 0. The van der Waals surface area contributed by atoms with E-state index in [-0.39, 0.29) is 0 Å². The van der Waals surface area contributed by atoms with Crippen LogP contribution in [0.1, 0.15) is 63.4 Å². The summed E-state index contributed by atoms with van der Waals surface area (Å²) in [5.41, 5.74) is 8.42. The fraction of sp³-hybridized carbons (Fsp3) is 0.600. The van der Waals surface area contributed by atoms with Crippen molar-refractivity contribution in [2.24, 2.45) is 0 Å². The van der Waals surface area contributed by atoms with Crippen molar-refractivity contribution in [3.05, 3.63) is 18.3 Å². The first-order valence-corrected chi connectivity index (χ1v) is 7.56. The minimum absolute atomic E-state index is 0.393. The Labute approximate surface area is 118 Å². The van der Waals surface area contributed by atoms with E-state index < -0.39 is 0 Å². The molecule has 0 atom stereocenters. The van der Waals surface area contributed by atoms with Gasteiger partial charge in [-0.2, -0.15) is 0 Å². The highest BCUT2D eigenvalue weighted by Crippen LogP contribution is 2.44. The molecule has 2 saturated carbocycles. The van der Waals surface area contributed by atoms with Crippen LogP contribution in [0, 0.1) is 0 Å². The summed E-state index contributed by atoms with van der Waals surface area (Å²) in [5.74, 6) is 2.33. The predicted molar refractivity (Wildman–Crippen MR) is 78.5 cm³/mol. The van der Waals surface area contributed by atoms with Crippen molar-refractivity contribution in [2.45, 2.75) is 57.5 Å². The van der Waals surface area contributed by atoms with E-state index in [4.69, 9.17) is 10.7 Å². The van der Waals surface area contributed by atoms with Crippen molar-refractivity contribution in [2.75, 3.05) is 5.73 Å². The van der Waals surface area contributed by atoms with Gasteiger partial charge >= 0.3 is 0 Å². The van der Waals surface area contributed by atoms with Crippen LogP contribution >= 0.6 is 0 Å². The van der Waals surface area contributed by atoms with Gasteiger partial charge in [0.05, 0.1) is 18.2 Å². The van der Waals surface area contributed by atoms with E-state index in [1.807, 2.05) is 12.5 Å². The standard InChI is InChI=1S/C15H21N5/c1-9(2)15-18-13(14(16)20(15)11-5-6-11)12-7-17-8-19(12)10-3-4-10/h7-11H,3-6,16H2,1-2H3. The highest BCUT2D eigenvalue weighted by atomic mass is 15.2. The van der Waals surface area contributed by atoms with Crippen molar-refractivity contribution in [3.63, 3.8) is 0 Å². The molecule has 0 spiro atoms. The number of hydrogen-bond acceptors (Lipinski definition) is 3. The number of nitrogens with two attached hydrogens (primary N) is 1. The average molecular weight is 271 g/mol. The fourth-order valence-corrected chi connectivity index (χ4v) is 2.91. The van der Waals surface area contributed by atoms with Crippen molar-refractivity contribution >= 4 is 5.82 Å². The van der Waals surface area contributed by atoms with Crippen LogP contribution in [-0.2, 0) is 0 Å². The normalized spacial score (nSPS) is 18.9. The third-order valence-corrected chi connectivity index (χ3v) is 4.25. The van der Waals surface area contributed by atoms with Gasteiger partial charge in [-0.05, 0) is 25.7 Å². The number of hydrogen-bond donors (Lipinski definition) is 1. The van der Waals surface area contributed by atoms with Crippen molar-refractivity contribution in [1.29, 1.82) is 0 Å². The lowest BCUT2D eigenvalue weighted by Gasteiger charge is -2.10. The van der Waals surface area contributed by atoms with Gasteiger partial charge in [0, 0.05) is 18.0 Å². The van der Waals surface area contributed by atoms with E-state index >= 15 is 0 Å².